The molecule has 0 aromatic heterocycles. The summed E-state index contributed by atoms with van der Waals surface area (Å²) >= 11 is 5.16. The van der Waals surface area contributed by atoms with Gasteiger partial charge in [-0.25, -0.2) is 0 Å². The highest BCUT2D eigenvalue weighted by molar-refractivity contribution is 8.07. The minimum Gasteiger partial charge on any atom is -0.324 e. The van der Waals surface area contributed by atoms with E-state index in [1.54, 1.807) is 0 Å². The lowest BCUT2D eigenvalue weighted by Crippen LogP contribution is -2.33. The van der Waals surface area contributed by atoms with Gasteiger partial charge in [0.15, 0.2) is 0 Å². The van der Waals surface area contributed by atoms with Gasteiger partial charge in [-0.3, -0.25) is 0 Å². The van der Waals surface area contributed by atoms with Gasteiger partial charge in [-0.15, -0.1) is 0 Å². The average molecular weight is 323 g/mol. The van der Waals surface area contributed by atoms with Gasteiger partial charge in [0.1, 0.15) is 0 Å². The predicted molar refractivity (Wildman–Crippen MR) is 87.2 cm³/mol. The normalized spacial score (nSPS) is 30.7. The van der Waals surface area contributed by atoms with E-state index in [0.29, 0.717) is 24.4 Å². The summed E-state index contributed by atoms with van der Waals surface area (Å²) in [5, 5.41) is 0. The zero-order chi connectivity index (χ0) is 15.3. The van der Waals surface area contributed by atoms with Crippen molar-refractivity contribution in [2.75, 3.05) is 27.2 Å². The van der Waals surface area contributed by atoms with Crippen molar-refractivity contribution in [1.29, 1.82) is 0 Å². The Morgan fingerprint density at radius 1 is 1.35 bits per heavy atom. The molecular weight excluding hydrogens is 293 g/mol. The Hall–Kier alpha value is 0.490. The van der Waals surface area contributed by atoms with E-state index in [0.717, 1.165) is 19.4 Å². The second-order valence-electron chi connectivity index (χ2n) is 6.58. The van der Waals surface area contributed by atoms with Gasteiger partial charge < -0.3 is 18.8 Å². The van der Waals surface area contributed by atoms with E-state index >= 15 is 0 Å². The van der Waals surface area contributed by atoms with Crippen LogP contribution in [-0.4, -0.2) is 43.1 Å². The zero-order valence-electron chi connectivity index (χ0n) is 13.4. The molecule has 0 saturated heterocycles. The van der Waals surface area contributed by atoms with E-state index in [4.69, 9.17) is 20.9 Å². The van der Waals surface area contributed by atoms with E-state index < -0.39 is 6.72 Å². The highest BCUT2D eigenvalue weighted by Crippen LogP contribution is 2.49. The topological polar surface area (TPSA) is 41.9 Å². The summed E-state index contributed by atoms with van der Waals surface area (Å²) in [6.07, 6.45) is 3.39. The molecule has 6 heteroatoms. The molecule has 0 radical (unpaired) electrons. The van der Waals surface area contributed by atoms with E-state index in [-0.39, 0.29) is 6.10 Å². The van der Waals surface area contributed by atoms with Gasteiger partial charge in [0.25, 0.3) is 0 Å². The van der Waals surface area contributed by atoms with Gasteiger partial charge in [0, 0.05) is 6.54 Å². The molecule has 1 rings (SSSR count). The Labute approximate surface area is 129 Å². The molecule has 1 fully saturated rings. The molecular formula is C14H30NO3PS. The maximum Gasteiger partial charge on any atom is 0.324 e. The third-order valence-corrected chi connectivity index (χ3v) is 5.64. The van der Waals surface area contributed by atoms with E-state index in [1.165, 1.54) is 6.42 Å². The van der Waals surface area contributed by atoms with Crippen molar-refractivity contribution in [2.24, 2.45) is 17.8 Å². The van der Waals surface area contributed by atoms with Crippen LogP contribution in [0.15, 0.2) is 0 Å². The van der Waals surface area contributed by atoms with Crippen LogP contribution in [0.25, 0.3) is 0 Å². The van der Waals surface area contributed by atoms with Crippen LogP contribution < -0.4 is 0 Å². The molecule has 20 heavy (non-hydrogen) atoms. The first kappa shape index (κ1) is 18.5. The van der Waals surface area contributed by atoms with Crippen molar-refractivity contribution in [3.05, 3.63) is 0 Å². The van der Waals surface area contributed by atoms with Crippen LogP contribution in [0.3, 0.4) is 0 Å². The summed E-state index contributed by atoms with van der Waals surface area (Å²) in [5.41, 5.74) is 0. The first-order valence-corrected chi connectivity index (χ1v) is 10.1. The molecule has 4 atom stereocenters. The molecule has 0 heterocycles. The maximum atomic E-state index is 10.2. The van der Waals surface area contributed by atoms with E-state index in [9.17, 15) is 4.89 Å². The molecule has 0 aliphatic heterocycles. The number of rotatable bonds is 7. The Balaban J connectivity index is 2.55. The Morgan fingerprint density at radius 2 is 2.00 bits per heavy atom. The smallest absolute Gasteiger partial charge is 0.324 e. The van der Waals surface area contributed by atoms with Crippen LogP contribution in [0.4, 0.5) is 0 Å². The van der Waals surface area contributed by atoms with Gasteiger partial charge in [0.2, 0.25) is 0 Å². The average Bonchev–Trinajstić information content (AvgIpc) is 2.26. The van der Waals surface area contributed by atoms with Gasteiger partial charge in [0.05, 0.1) is 12.7 Å². The largest absolute Gasteiger partial charge is 0.324 e. The summed E-state index contributed by atoms with van der Waals surface area (Å²) < 4.78 is 11.3. The zero-order valence-corrected chi connectivity index (χ0v) is 15.1. The minimum atomic E-state index is -3.11. The molecule has 1 aliphatic rings. The Bertz CT molecular complexity index is 338. The second kappa shape index (κ2) is 8.21. The molecule has 0 aromatic rings. The van der Waals surface area contributed by atoms with Crippen LogP contribution in [0.5, 0.6) is 0 Å². The standard InChI is InChI=1S/C14H30NO3PS/c1-11(2)13-7-6-12(3)10-14(13)18-19(16,20)17-9-8-15(4)5/h11-14H,6-10H2,1-5H3,(H,16,20). The van der Waals surface area contributed by atoms with Crippen molar-refractivity contribution in [3.8, 4) is 0 Å². The van der Waals surface area contributed by atoms with Crippen molar-refractivity contribution in [2.45, 2.75) is 46.1 Å². The molecule has 1 N–H and O–H groups in total. The van der Waals surface area contributed by atoms with Crippen LogP contribution in [0.2, 0.25) is 0 Å². The SMILES string of the molecule is CC1CCC(C(C)C)C(OP(O)(=S)OCCN(C)C)C1. The molecule has 4 nitrogen and oxygen atoms in total. The first-order valence-electron chi connectivity index (χ1n) is 7.51. The third-order valence-electron chi connectivity index (χ3n) is 4.02. The molecule has 1 aliphatic carbocycles. The number of hydrogen-bond donors (Lipinski definition) is 1. The summed E-state index contributed by atoms with van der Waals surface area (Å²) in [5.74, 6) is 1.65. The Kier molecular flexibility index (Phi) is 7.61. The Morgan fingerprint density at radius 3 is 2.55 bits per heavy atom. The molecule has 0 aromatic carbocycles. The van der Waals surface area contributed by atoms with Crippen molar-refractivity contribution in [1.82, 2.24) is 4.90 Å². The fraction of sp³-hybridized carbons (Fsp3) is 1.00. The lowest BCUT2D eigenvalue weighted by atomic mass is 9.75. The second-order valence-corrected chi connectivity index (χ2v) is 9.37. The van der Waals surface area contributed by atoms with Gasteiger partial charge in [-0.05, 0) is 56.5 Å². The molecule has 0 amide bonds. The summed E-state index contributed by atoms with van der Waals surface area (Å²) in [6.45, 7) is 4.69. The minimum absolute atomic E-state index is 0.0361. The van der Waals surface area contributed by atoms with Gasteiger partial charge in [-0.2, -0.15) is 0 Å². The number of likely N-dealkylation sites (N-methyl/N-ethyl adjacent to an activating group) is 1. The molecule has 1 saturated carbocycles. The summed E-state index contributed by atoms with van der Waals surface area (Å²) in [4.78, 5) is 12.2. The molecule has 120 valence electrons. The molecule has 0 bridgehead atoms. The van der Waals surface area contributed by atoms with Crippen molar-refractivity contribution < 1.29 is 13.9 Å². The monoisotopic (exact) mass is 323 g/mol. The van der Waals surface area contributed by atoms with E-state index in [1.807, 2.05) is 19.0 Å². The van der Waals surface area contributed by atoms with Gasteiger partial charge >= 0.3 is 6.72 Å². The number of nitrogens with zero attached hydrogens (tertiary/aromatic N) is 1. The summed E-state index contributed by atoms with van der Waals surface area (Å²) in [7, 11) is 3.92. The number of hydrogen-bond acceptors (Lipinski definition) is 4. The van der Waals surface area contributed by atoms with Crippen molar-refractivity contribution >= 4 is 18.5 Å². The fourth-order valence-corrected chi connectivity index (χ4v) is 4.29. The highest BCUT2D eigenvalue weighted by atomic mass is 32.5. The summed E-state index contributed by atoms with van der Waals surface area (Å²) in [6, 6.07) is 0. The van der Waals surface area contributed by atoms with E-state index in [2.05, 4.69) is 20.8 Å². The third kappa shape index (κ3) is 6.50. The van der Waals surface area contributed by atoms with Crippen molar-refractivity contribution in [3.63, 3.8) is 0 Å². The predicted octanol–water partition coefficient (Wildman–Crippen LogP) is 3.26. The molecule has 4 unspecified atom stereocenters. The first-order chi connectivity index (χ1) is 9.21. The highest BCUT2D eigenvalue weighted by Gasteiger charge is 2.35. The van der Waals surface area contributed by atoms with Crippen LogP contribution >= 0.6 is 6.72 Å². The fourth-order valence-electron chi connectivity index (χ4n) is 2.78. The van der Waals surface area contributed by atoms with Gasteiger partial charge in [-0.1, -0.05) is 27.2 Å². The lowest BCUT2D eigenvalue weighted by Gasteiger charge is -2.38. The quantitative estimate of drug-likeness (QED) is 0.728. The van der Waals surface area contributed by atoms with Crippen LogP contribution in [-0.2, 0) is 20.9 Å². The van der Waals surface area contributed by atoms with Crippen LogP contribution in [0.1, 0.15) is 40.0 Å². The lowest BCUT2D eigenvalue weighted by molar-refractivity contribution is 0.0284. The molecule has 0 spiro atoms. The maximum absolute atomic E-state index is 10.2. The van der Waals surface area contributed by atoms with Crippen LogP contribution in [0, 0.1) is 17.8 Å².